The molecule has 0 saturated heterocycles. The van der Waals surface area contributed by atoms with Crippen LogP contribution in [0.2, 0.25) is 0 Å². The average molecular weight is 230 g/mol. The fourth-order valence-corrected chi connectivity index (χ4v) is 2.94. The Bertz CT molecular complexity index is 841. The van der Waals surface area contributed by atoms with Crippen molar-refractivity contribution in [2.45, 2.75) is 0 Å². The maximum atomic E-state index is 11.4. The molecule has 0 aromatic heterocycles. The van der Waals surface area contributed by atoms with Crippen molar-refractivity contribution in [2.75, 3.05) is 0 Å². The van der Waals surface area contributed by atoms with Crippen LogP contribution in [0.1, 0.15) is 21.5 Å². The molecule has 1 heteroatoms. The molecular formula is C17H10O. The van der Waals surface area contributed by atoms with E-state index in [1.54, 1.807) is 0 Å². The molecule has 0 N–H and O–H groups in total. The van der Waals surface area contributed by atoms with E-state index in [-0.39, 0.29) is 0 Å². The molecule has 0 saturated carbocycles. The lowest BCUT2D eigenvalue weighted by Crippen LogP contribution is -1.91. The molecule has 0 heterocycles. The Morgan fingerprint density at radius 1 is 0.778 bits per heavy atom. The summed E-state index contributed by atoms with van der Waals surface area (Å²) in [6, 6.07) is 14.4. The summed E-state index contributed by atoms with van der Waals surface area (Å²) in [4.78, 5) is 11.4. The second-order valence-corrected chi connectivity index (χ2v) is 4.59. The zero-order valence-electron chi connectivity index (χ0n) is 9.68. The van der Waals surface area contributed by atoms with Crippen LogP contribution < -0.4 is 0 Å². The van der Waals surface area contributed by atoms with Crippen molar-refractivity contribution in [3.8, 4) is 0 Å². The number of fused-ring (bicyclic) bond motifs is 2. The number of aldehydes is 1. The molecule has 4 rings (SSSR count). The molecule has 0 aliphatic heterocycles. The Hall–Kier alpha value is -2.41. The quantitative estimate of drug-likeness (QED) is 0.352. The summed E-state index contributed by atoms with van der Waals surface area (Å²) in [6.07, 6.45) is 5.11. The van der Waals surface area contributed by atoms with E-state index in [0.29, 0.717) is 0 Å². The second-order valence-electron chi connectivity index (χ2n) is 4.59. The van der Waals surface area contributed by atoms with Crippen LogP contribution in [0.5, 0.6) is 0 Å². The summed E-state index contributed by atoms with van der Waals surface area (Å²) in [5.74, 6) is 0. The van der Waals surface area contributed by atoms with Crippen LogP contribution in [0.25, 0.3) is 33.7 Å². The monoisotopic (exact) mass is 230 g/mol. The first-order chi connectivity index (χ1) is 8.90. The Morgan fingerprint density at radius 2 is 1.56 bits per heavy atom. The van der Waals surface area contributed by atoms with Gasteiger partial charge in [0.2, 0.25) is 0 Å². The first-order valence-corrected chi connectivity index (χ1v) is 6.01. The molecule has 3 aromatic carbocycles. The first kappa shape index (κ1) is 9.60. The molecule has 84 valence electrons. The normalized spacial score (nSPS) is 12.4. The molecule has 0 fully saturated rings. The van der Waals surface area contributed by atoms with Crippen molar-refractivity contribution in [1.82, 2.24) is 0 Å². The van der Waals surface area contributed by atoms with E-state index in [1.165, 1.54) is 16.3 Å². The number of rotatable bonds is 1. The third-order valence-corrected chi connectivity index (χ3v) is 3.71. The van der Waals surface area contributed by atoms with Crippen molar-refractivity contribution < 1.29 is 4.79 Å². The standard InChI is InChI=1S/C17H10O/c18-10-16-13-6-2-1-5-12(13)14-7-3-4-11-8-9-15(16)17(11)14/h1-10H. The molecule has 3 aromatic rings. The predicted molar refractivity (Wildman–Crippen MR) is 75.8 cm³/mol. The maximum absolute atomic E-state index is 11.4. The number of carbonyl (C=O) groups is 1. The Balaban J connectivity index is 2.42. The molecule has 1 aliphatic rings. The van der Waals surface area contributed by atoms with Crippen molar-refractivity contribution in [2.24, 2.45) is 0 Å². The van der Waals surface area contributed by atoms with Crippen LogP contribution in [0.4, 0.5) is 0 Å². The molecule has 0 unspecified atom stereocenters. The van der Waals surface area contributed by atoms with Gasteiger partial charge in [-0.15, -0.1) is 0 Å². The number of benzene rings is 3. The molecule has 1 nitrogen and oxygen atoms in total. The van der Waals surface area contributed by atoms with E-state index in [2.05, 4.69) is 30.3 Å². The molecule has 18 heavy (non-hydrogen) atoms. The van der Waals surface area contributed by atoms with Gasteiger partial charge in [0.1, 0.15) is 0 Å². The minimum Gasteiger partial charge on any atom is -0.298 e. The van der Waals surface area contributed by atoms with Gasteiger partial charge in [-0.05, 0) is 32.7 Å². The highest BCUT2D eigenvalue weighted by atomic mass is 16.1. The van der Waals surface area contributed by atoms with Gasteiger partial charge < -0.3 is 0 Å². The highest BCUT2D eigenvalue weighted by Crippen LogP contribution is 2.38. The van der Waals surface area contributed by atoms with E-state index >= 15 is 0 Å². The number of hydrogen-bond donors (Lipinski definition) is 0. The maximum Gasteiger partial charge on any atom is 0.151 e. The minimum absolute atomic E-state index is 0.805. The zero-order chi connectivity index (χ0) is 12.1. The van der Waals surface area contributed by atoms with Crippen LogP contribution in [-0.4, -0.2) is 6.29 Å². The van der Waals surface area contributed by atoms with E-state index in [0.717, 1.165) is 28.2 Å². The third kappa shape index (κ3) is 1.04. The van der Waals surface area contributed by atoms with Crippen LogP contribution in [0.15, 0.2) is 42.5 Å². The highest BCUT2D eigenvalue weighted by molar-refractivity contribution is 6.22. The minimum atomic E-state index is 0.805. The van der Waals surface area contributed by atoms with Gasteiger partial charge in [0.25, 0.3) is 0 Å². The molecule has 1 aliphatic carbocycles. The third-order valence-electron chi connectivity index (χ3n) is 3.71. The van der Waals surface area contributed by atoms with Gasteiger partial charge in [-0.3, -0.25) is 4.79 Å². The smallest absolute Gasteiger partial charge is 0.151 e. The van der Waals surface area contributed by atoms with Gasteiger partial charge in [0, 0.05) is 5.56 Å². The van der Waals surface area contributed by atoms with E-state index in [1.807, 2.05) is 24.3 Å². The van der Waals surface area contributed by atoms with Crippen LogP contribution in [-0.2, 0) is 0 Å². The molecular weight excluding hydrogens is 220 g/mol. The van der Waals surface area contributed by atoms with Gasteiger partial charge >= 0.3 is 0 Å². The predicted octanol–water partition coefficient (Wildman–Crippen LogP) is 4.29. The van der Waals surface area contributed by atoms with Crippen LogP contribution in [0, 0.1) is 0 Å². The van der Waals surface area contributed by atoms with Gasteiger partial charge in [-0.2, -0.15) is 0 Å². The Kier molecular flexibility index (Phi) is 1.76. The molecule has 0 bridgehead atoms. The van der Waals surface area contributed by atoms with Crippen LogP contribution in [0.3, 0.4) is 0 Å². The SMILES string of the molecule is O=Cc1c2c3c(cccc3c3ccccc13)C=C2. The van der Waals surface area contributed by atoms with Crippen molar-refractivity contribution in [3.63, 3.8) is 0 Å². The summed E-state index contributed by atoms with van der Waals surface area (Å²) in [6.45, 7) is 0. The fraction of sp³-hybridized carbons (Fsp3) is 0. The summed E-state index contributed by atoms with van der Waals surface area (Å²) in [5.41, 5.74) is 3.07. The lowest BCUT2D eigenvalue weighted by atomic mass is 9.93. The number of carbonyl (C=O) groups excluding carboxylic acids is 1. The summed E-state index contributed by atoms with van der Waals surface area (Å²) in [5, 5.41) is 4.63. The fourth-order valence-electron chi connectivity index (χ4n) is 2.94. The Morgan fingerprint density at radius 3 is 2.39 bits per heavy atom. The van der Waals surface area contributed by atoms with E-state index in [9.17, 15) is 4.79 Å². The lowest BCUT2D eigenvalue weighted by molar-refractivity contribution is 0.112. The van der Waals surface area contributed by atoms with Crippen molar-refractivity contribution >= 4 is 40.0 Å². The molecule has 0 spiro atoms. The van der Waals surface area contributed by atoms with Crippen molar-refractivity contribution in [1.29, 1.82) is 0 Å². The van der Waals surface area contributed by atoms with E-state index in [4.69, 9.17) is 0 Å². The van der Waals surface area contributed by atoms with Gasteiger partial charge in [-0.25, -0.2) is 0 Å². The topological polar surface area (TPSA) is 17.1 Å². The second kappa shape index (κ2) is 3.30. The number of hydrogen-bond acceptors (Lipinski definition) is 1. The molecule has 0 atom stereocenters. The summed E-state index contributed by atoms with van der Waals surface area (Å²) < 4.78 is 0. The first-order valence-electron chi connectivity index (χ1n) is 6.01. The zero-order valence-corrected chi connectivity index (χ0v) is 9.68. The average Bonchev–Trinajstić information content (AvgIpc) is 2.85. The molecule has 0 radical (unpaired) electrons. The van der Waals surface area contributed by atoms with Crippen LogP contribution >= 0.6 is 0 Å². The van der Waals surface area contributed by atoms with Gasteiger partial charge in [0.15, 0.2) is 6.29 Å². The van der Waals surface area contributed by atoms with Gasteiger partial charge in [0.05, 0.1) is 0 Å². The highest BCUT2D eigenvalue weighted by Gasteiger charge is 2.16. The van der Waals surface area contributed by atoms with E-state index < -0.39 is 0 Å². The summed E-state index contributed by atoms with van der Waals surface area (Å²) >= 11 is 0. The summed E-state index contributed by atoms with van der Waals surface area (Å²) in [7, 11) is 0. The molecule has 0 amide bonds. The van der Waals surface area contributed by atoms with Gasteiger partial charge in [-0.1, -0.05) is 54.6 Å². The largest absolute Gasteiger partial charge is 0.298 e. The van der Waals surface area contributed by atoms with Crippen molar-refractivity contribution in [3.05, 3.63) is 59.2 Å². The Labute approximate surface area is 104 Å². The lowest BCUT2D eigenvalue weighted by Gasteiger charge is -2.10.